The third-order valence-electron chi connectivity index (χ3n) is 3.00. The first-order valence-corrected chi connectivity index (χ1v) is 6.36. The molecule has 2 aromatic carbocycles. The Balaban J connectivity index is 1.94. The summed E-state index contributed by atoms with van der Waals surface area (Å²) < 4.78 is 18.6. The fourth-order valence-electron chi connectivity index (χ4n) is 1.94. The van der Waals surface area contributed by atoms with E-state index in [1.807, 2.05) is 24.3 Å². The maximum absolute atomic E-state index is 13.5. The molecule has 110 valence electrons. The van der Waals surface area contributed by atoms with Crippen molar-refractivity contribution in [3.05, 3.63) is 69.5 Å². The van der Waals surface area contributed by atoms with Gasteiger partial charge in [-0.15, -0.1) is 0 Å². The minimum Gasteiger partial charge on any atom is -0.497 e. The van der Waals surface area contributed by atoms with Crippen LogP contribution in [0.2, 0.25) is 0 Å². The predicted molar refractivity (Wildman–Crippen MR) is 76.6 cm³/mol. The van der Waals surface area contributed by atoms with E-state index in [1.54, 1.807) is 13.2 Å². The molecule has 0 saturated carbocycles. The molecule has 0 bridgehead atoms. The molecule has 0 heterocycles. The van der Waals surface area contributed by atoms with Gasteiger partial charge in [0.05, 0.1) is 12.0 Å². The zero-order valence-corrected chi connectivity index (χ0v) is 11.5. The largest absolute Gasteiger partial charge is 0.497 e. The Labute approximate surface area is 121 Å². The summed E-state index contributed by atoms with van der Waals surface area (Å²) in [4.78, 5) is 9.80. The molecular formula is C15H15FN2O3. The Bertz CT molecular complexity index is 647. The van der Waals surface area contributed by atoms with Gasteiger partial charge in [0.1, 0.15) is 5.75 Å². The minimum absolute atomic E-state index is 0.423. The van der Waals surface area contributed by atoms with Crippen LogP contribution in [0, 0.1) is 15.9 Å². The lowest BCUT2D eigenvalue weighted by Gasteiger charge is -2.07. The van der Waals surface area contributed by atoms with E-state index in [0.717, 1.165) is 11.3 Å². The molecule has 0 aromatic heterocycles. The number of nitrogens with zero attached hydrogens (tertiary/aromatic N) is 1. The summed E-state index contributed by atoms with van der Waals surface area (Å²) in [6.07, 6.45) is 0. The van der Waals surface area contributed by atoms with Crippen molar-refractivity contribution in [1.82, 2.24) is 5.32 Å². The molecule has 0 amide bonds. The number of ether oxygens (including phenoxy) is 1. The average Bonchev–Trinajstić information content (AvgIpc) is 2.47. The molecule has 0 fully saturated rings. The molecule has 0 saturated heterocycles. The van der Waals surface area contributed by atoms with Crippen molar-refractivity contribution >= 4 is 5.69 Å². The number of hydrogen-bond donors (Lipinski definition) is 1. The van der Waals surface area contributed by atoms with E-state index in [0.29, 0.717) is 18.7 Å². The van der Waals surface area contributed by atoms with Gasteiger partial charge in [-0.3, -0.25) is 10.1 Å². The Morgan fingerprint density at radius 2 is 1.90 bits per heavy atom. The second-order valence-electron chi connectivity index (χ2n) is 4.50. The van der Waals surface area contributed by atoms with Gasteiger partial charge < -0.3 is 10.1 Å². The van der Waals surface area contributed by atoms with Crippen LogP contribution < -0.4 is 10.1 Å². The van der Waals surface area contributed by atoms with E-state index in [2.05, 4.69) is 5.32 Å². The van der Waals surface area contributed by atoms with E-state index in [-0.39, 0.29) is 0 Å². The predicted octanol–water partition coefficient (Wildman–Crippen LogP) is 3.03. The van der Waals surface area contributed by atoms with Gasteiger partial charge in [0.15, 0.2) is 0 Å². The average molecular weight is 290 g/mol. The van der Waals surface area contributed by atoms with Crippen molar-refractivity contribution in [2.45, 2.75) is 13.1 Å². The van der Waals surface area contributed by atoms with Crippen LogP contribution in [-0.2, 0) is 13.1 Å². The Morgan fingerprint density at radius 3 is 2.52 bits per heavy atom. The fraction of sp³-hybridized carbons (Fsp3) is 0.200. The molecule has 0 atom stereocenters. The molecule has 2 aromatic rings. The molecule has 0 unspecified atom stereocenters. The van der Waals surface area contributed by atoms with Gasteiger partial charge in [0.2, 0.25) is 5.82 Å². The highest BCUT2D eigenvalue weighted by Gasteiger charge is 2.13. The topological polar surface area (TPSA) is 64.4 Å². The zero-order valence-electron chi connectivity index (χ0n) is 11.5. The van der Waals surface area contributed by atoms with Gasteiger partial charge in [0.25, 0.3) is 0 Å². The number of nitro groups is 1. The smallest absolute Gasteiger partial charge is 0.304 e. The highest BCUT2D eigenvalue weighted by molar-refractivity contribution is 5.35. The second-order valence-corrected chi connectivity index (χ2v) is 4.50. The molecule has 1 N–H and O–H groups in total. The molecule has 0 aliphatic heterocycles. The first-order chi connectivity index (χ1) is 10.1. The van der Waals surface area contributed by atoms with Crippen LogP contribution >= 0.6 is 0 Å². The second kappa shape index (κ2) is 6.81. The number of benzene rings is 2. The molecule has 6 heteroatoms. The van der Waals surface area contributed by atoms with Crippen molar-refractivity contribution in [2.24, 2.45) is 0 Å². The summed E-state index contributed by atoms with van der Waals surface area (Å²) in [5, 5.41) is 13.7. The highest BCUT2D eigenvalue weighted by atomic mass is 19.1. The van der Waals surface area contributed by atoms with Gasteiger partial charge in [-0.1, -0.05) is 18.2 Å². The number of nitro benzene ring substituents is 1. The molecule has 0 spiro atoms. The van der Waals surface area contributed by atoms with E-state index >= 15 is 0 Å². The molecule has 21 heavy (non-hydrogen) atoms. The molecular weight excluding hydrogens is 275 g/mol. The third-order valence-corrected chi connectivity index (χ3v) is 3.00. The molecule has 0 aliphatic carbocycles. The van der Waals surface area contributed by atoms with Crippen LogP contribution in [0.15, 0.2) is 42.5 Å². The first kappa shape index (κ1) is 14.9. The van der Waals surface area contributed by atoms with Gasteiger partial charge >= 0.3 is 5.69 Å². The summed E-state index contributed by atoms with van der Waals surface area (Å²) >= 11 is 0. The van der Waals surface area contributed by atoms with Crippen molar-refractivity contribution in [3.8, 4) is 5.75 Å². The first-order valence-electron chi connectivity index (χ1n) is 6.36. The highest BCUT2D eigenvalue weighted by Crippen LogP contribution is 2.18. The molecule has 5 nitrogen and oxygen atoms in total. The van der Waals surface area contributed by atoms with Crippen LogP contribution in [0.3, 0.4) is 0 Å². The summed E-state index contributed by atoms with van der Waals surface area (Å²) in [7, 11) is 1.60. The van der Waals surface area contributed by atoms with Crippen molar-refractivity contribution in [1.29, 1.82) is 0 Å². The van der Waals surface area contributed by atoms with Gasteiger partial charge in [-0.2, -0.15) is 4.39 Å². The third kappa shape index (κ3) is 4.00. The van der Waals surface area contributed by atoms with E-state index in [1.165, 1.54) is 12.1 Å². The lowest BCUT2D eigenvalue weighted by Crippen LogP contribution is -2.13. The minimum atomic E-state index is -0.819. The Morgan fingerprint density at radius 1 is 1.19 bits per heavy atom. The zero-order chi connectivity index (χ0) is 15.2. The SMILES string of the molecule is COc1cccc(CNCc2ccc([N+](=O)[O-])c(F)c2)c1. The van der Waals surface area contributed by atoms with Crippen LogP contribution in [0.1, 0.15) is 11.1 Å². The van der Waals surface area contributed by atoms with E-state index in [9.17, 15) is 14.5 Å². The quantitative estimate of drug-likeness (QED) is 0.656. The fourth-order valence-corrected chi connectivity index (χ4v) is 1.94. The number of hydrogen-bond acceptors (Lipinski definition) is 4. The normalized spacial score (nSPS) is 10.4. The summed E-state index contributed by atoms with van der Waals surface area (Å²) in [6.45, 7) is 1.02. The molecule has 0 aliphatic rings. The maximum atomic E-state index is 13.5. The molecule has 2 rings (SSSR count). The lowest BCUT2D eigenvalue weighted by molar-refractivity contribution is -0.387. The summed E-state index contributed by atoms with van der Waals surface area (Å²) in [5.41, 5.74) is 1.18. The van der Waals surface area contributed by atoms with E-state index in [4.69, 9.17) is 4.74 Å². The molecule has 0 radical (unpaired) electrons. The van der Waals surface area contributed by atoms with Crippen LogP contribution in [0.4, 0.5) is 10.1 Å². The van der Waals surface area contributed by atoms with Gasteiger partial charge in [-0.05, 0) is 29.3 Å². The maximum Gasteiger partial charge on any atom is 0.304 e. The van der Waals surface area contributed by atoms with Gasteiger partial charge in [0, 0.05) is 19.2 Å². The summed E-state index contributed by atoms with van der Waals surface area (Å²) in [5.74, 6) is -0.0450. The van der Waals surface area contributed by atoms with Crippen molar-refractivity contribution < 1.29 is 14.1 Å². The monoisotopic (exact) mass is 290 g/mol. The lowest BCUT2D eigenvalue weighted by atomic mass is 10.2. The van der Waals surface area contributed by atoms with Crippen LogP contribution in [-0.4, -0.2) is 12.0 Å². The van der Waals surface area contributed by atoms with E-state index < -0.39 is 16.4 Å². The summed E-state index contributed by atoms with van der Waals surface area (Å²) in [6, 6.07) is 11.5. The Hall–Kier alpha value is -2.47. The van der Waals surface area contributed by atoms with Crippen molar-refractivity contribution in [2.75, 3.05) is 7.11 Å². The number of methoxy groups -OCH3 is 1. The number of rotatable bonds is 6. The standard InChI is InChI=1S/C15H15FN2O3/c1-21-13-4-2-3-11(7-13)9-17-10-12-5-6-15(18(19)20)14(16)8-12/h2-8,17H,9-10H2,1H3. The number of halogens is 1. The van der Waals surface area contributed by atoms with Gasteiger partial charge in [-0.25, -0.2) is 0 Å². The van der Waals surface area contributed by atoms with Crippen molar-refractivity contribution in [3.63, 3.8) is 0 Å². The Kier molecular flexibility index (Phi) is 4.84. The number of nitrogens with one attached hydrogen (secondary N) is 1. The van der Waals surface area contributed by atoms with Crippen LogP contribution in [0.5, 0.6) is 5.75 Å². The van der Waals surface area contributed by atoms with Crippen LogP contribution in [0.25, 0.3) is 0 Å².